The molecule has 25 heavy (non-hydrogen) atoms. The summed E-state index contributed by atoms with van der Waals surface area (Å²) in [5.41, 5.74) is 1.83. The fraction of sp³-hybridized carbons (Fsp3) is 0.278. The lowest BCUT2D eigenvalue weighted by atomic mass is 10.1. The highest BCUT2D eigenvalue weighted by molar-refractivity contribution is 7.92. The zero-order valence-electron chi connectivity index (χ0n) is 14.3. The van der Waals surface area contributed by atoms with Gasteiger partial charge < -0.3 is 5.32 Å². The molecule has 134 valence electrons. The van der Waals surface area contributed by atoms with Crippen LogP contribution in [0.3, 0.4) is 0 Å². The monoisotopic (exact) mass is 380 g/mol. The summed E-state index contributed by atoms with van der Waals surface area (Å²) in [6, 6.07) is 11.1. The van der Waals surface area contributed by atoms with Crippen molar-refractivity contribution in [2.45, 2.75) is 32.1 Å². The molecule has 0 heterocycles. The molecule has 5 nitrogen and oxygen atoms in total. The van der Waals surface area contributed by atoms with Crippen LogP contribution in [0.1, 0.15) is 25.8 Å². The lowest BCUT2D eigenvalue weighted by Crippen LogP contribution is -2.14. The first-order chi connectivity index (χ1) is 11.7. The van der Waals surface area contributed by atoms with Crippen molar-refractivity contribution in [3.63, 3.8) is 0 Å². The summed E-state index contributed by atoms with van der Waals surface area (Å²) < 4.78 is 27.3. The Morgan fingerprint density at radius 2 is 1.68 bits per heavy atom. The molecule has 2 N–H and O–H groups in total. The molecular formula is C18H21ClN2O3S. The van der Waals surface area contributed by atoms with Crippen LogP contribution in [0.15, 0.2) is 47.4 Å². The highest BCUT2D eigenvalue weighted by Gasteiger charge is 2.15. The molecule has 0 saturated heterocycles. The molecule has 0 spiro atoms. The molecule has 2 aromatic carbocycles. The van der Waals surface area contributed by atoms with Gasteiger partial charge in [0.25, 0.3) is 10.0 Å². The molecular weight excluding hydrogens is 360 g/mol. The second kappa shape index (κ2) is 7.89. The minimum atomic E-state index is -3.73. The van der Waals surface area contributed by atoms with E-state index in [2.05, 4.69) is 10.0 Å². The van der Waals surface area contributed by atoms with E-state index in [1.807, 2.05) is 13.8 Å². The first kappa shape index (κ1) is 19.3. The van der Waals surface area contributed by atoms with Gasteiger partial charge >= 0.3 is 0 Å². The number of aryl methyl sites for hydroxylation is 1. The standard InChI is InChI=1S/C18H21ClN2O3S/c1-12(2)10-18(22)20-14-5-7-15(8-6-14)21-25(23,24)16-9-4-13(3)17(19)11-16/h4-9,11-12,21H,10H2,1-3H3,(H,20,22). The Labute approximate surface area is 153 Å². The quantitative estimate of drug-likeness (QED) is 0.778. The summed E-state index contributed by atoms with van der Waals surface area (Å²) in [5.74, 6) is 0.199. The van der Waals surface area contributed by atoms with Crippen LogP contribution >= 0.6 is 11.6 Å². The summed E-state index contributed by atoms with van der Waals surface area (Å²) in [6.07, 6.45) is 0.433. The lowest BCUT2D eigenvalue weighted by molar-refractivity contribution is -0.116. The third kappa shape index (κ3) is 5.47. The third-order valence-electron chi connectivity index (χ3n) is 3.47. The van der Waals surface area contributed by atoms with Gasteiger partial charge in [0, 0.05) is 22.8 Å². The smallest absolute Gasteiger partial charge is 0.261 e. The summed E-state index contributed by atoms with van der Waals surface area (Å²) in [7, 11) is -3.73. The van der Waals surface area contributed by atoms with Crippen LogP contribution < -0.4 is 10.0 Å². The number of hydrogen-bond acceptors (Lipinski definition) is 3. The van der Waals surface area contributed by atoms with Gasteiger partial charge in [-0.15, -0.1) is 0 Å². The number of benzene rings is 2. The first-order valence-corrected chi connectivity index (χ1v) is 9.72. The van der Waals surface area contributed by atoms with Crippen LogP contribution in [0.4, 0.5) is 11.4 Å². The normalized spacial score (nSPS) is 11.4. The van der Waals surface area contributed by atoms with E-state index in [0.29, 0.717) is 22.8 Å². The molecule has 0 fully saturated rings. The molecule has 0 aliphatic carbocycles. The average molecular weight is 381 g/mol. The fourth-order valence-corrected chi connectivity index (χ4v) is 3.49. The second-order valence-electron chi connectivity index (χ2n) is 6.24. The molecule has 0 aliphatic heterocycles. The van der Waals surface area contributed by atoms with Crippen LogP contribution in [0.2, 0.25) is 5.02 Å². The first-order valence-electron chi connectivity index (χ1n) is 7.86. The van der Waals surface area contributed by atoms with Crippen molar-refractivity contribution >= 4 is 38.9 Å². The lowest BCUT2D eigenvalue weighted by Gasteiger charge is -2.11. The minimum Gasteiger partial charge on any atom is -0.326 e. The van der Waals surface area contributed by atoms with Gasteiger partial charge in [-0.25, -0.2) is 8.42 Å². The molecule has 0 radical (unpaired) electrons. The van der Waals surface area contributed by atoms with Gasteiger partial charge in [0.05, 0.1) is 4.90 Å². The minimum absolute atomic E-state index is 0.0716. The Kier molecular flexibility index (Phi) is 6.08. The van der Waals surface area contributed by atoms with Gasteiger partial charge in [-0.05, 0) is 54.8 Å². The van der Waals surface area contributed by atoms with Gasteiger partial charge in [-0.1, -0.05) is 31.5 Å². The Morgan fingerprint density at radius 1 is 1.08 bits per heavy atom. The van der Waals surface area contributed by atoms with Crippen LogP contribution in [0.25, 0.3) is 0 Å². The summed E-state index contributed by atoms with van der Waals surface area (Å²) in [4.78, 5) is 11.8. The molecule has 0 unspecified atom stereocenters. The SMILES string of the molecule is Cc1ccc(S(=O)(=O)Nc2ccc(NC(=O)CC(C)C)cc2)cc1Cl. The highest BCUT2D eigenvalue weighted by atomic mass is 35.5. The van der Waals surface area contributed by atoms with E-state index in [9.17, 15) is 13.2 Å². The van der Waals surface area contributed by atoms with E-state index in [4.69, 9.17) is 11.6 Å². The van der Waals surface area contributed by atoms with Gasteiger partial charge in [-0.2, -0.15) is 0 Å². The fourth-order valence-electron chi connectivity index (χ4n) is 2.16. The number of rotatable bonds is 6. The number of amides is 1. The Morgan fingerprint density at radius 3 is 2.24 bits per heavy atom. The van der Waals surface area contributed by atoms with Crippen molar-refractivity contribution in [3.05, 3.63) is 53.1 Å². The second-order valence-corrected chi connectivity index (χ2v) is 8.33. The third-order valence-corrected chi connectivity index (χ3v) is 5.25. The maximum atomic E-state index is 12.4. The Hall–Kier alpha value is -2.05. The van der Waals surface area contributed by atoms with Crippen LogP contribution in [-0.4, -0.2) is 14.3 Å². The van der Waals surface area contributed by atoms with Crippen LogP contribution in [0.5, 0.6) is 0 Å². The van der Waals surface area contributed by atoms with Crippen LogP contribution in [0, 0.1) is 12.8 Å². The molecule has 0 saturated carbocycles. The van der Waals surface area contributed by atoms with E-state index in [1.54, 1.807) is 37.3 Å². The number of hydrogen-bond donors (Lipinski definition) is 2. The molecule has 7 heteroatoms. The maximum absolute atomic E-state index is 12.4. The van der Waals surface area contributed by atoms with E-state index in [-0.39, 0.29) is 16.7 Å². The molecule has 0 bridgehead atoms. The van der Waals surface area contributed by atoms with Gasteiger partial charge in [0.1, 0.15) is 0 Å². The number of nitrogens with one attached hydrogen (secondary N) is 2. The van der Waals surface area contributed by atoms with Crippen molar-refractivity contribution in [1.29, 1.82) is 0 Å². The molecule has 2 aromatic rings. The summed E-state index contributed by atoms with van der Waals surface area (Å²) >= 11 is 6.00. The van der Waals surface area contributed by atoms with E-state index in [0.717, 1.165) is 5.56 Å². The molecule has 1 amide bonds. The van der Waals surface area contributed by atoms with Gasteiger partial charge in [0.2, 0.25) is 5.91 Å². The van der Waals surface area contributed by atoms with E-state index < -0.39 is 10.0 Å². The average Bonchev–Trinajstić information content (AvgIpc) is 2.50. The molecule has 0 aliphatic rings. The van der Waals surface area contributed by atoms with Gasteiger partial charge in [0.15, 0.2) is 0 Å². The zero-order chi connectivity index (χ0) is 18.6. The van der Waals surface area contributed by atoms with E-state index >= 15 is 0 Å². The summed E-state index contributed by atoms with van der Waals surface area (Å²) in [5, 5.41) is 3.17. The zero-order valence-corrected chi connectivity index (χ0v) is 15.9. The Bertz CT molecular complexity index is 862. The van der Waals surface area contributed by atoms with Crippen molar-refractivity contribution in [1.82, 2.24) is 0 Å². The molecule has 0 aromatic heterocycles. The largest absolute Gasteiger partial charge is 0.326 e. The number of anilines is 2. The molecule has 0 atom stereocenters. The predicted octanol–water partition coefficient (Wildman–Crippen LogP) is 4.43. The Balaban J connectivity index is 2.09. The number of halogens is 1. The van der Waals surface area contributed by atoms with Crippen LogP contribution in [-0.2, 0) is 14.8 Å². The highest BCUT2D eigenvalue weighted by Crippen LogP contribution is 2.23. The van der Waals surface area contributed by atoms with E-state index in [1.165, 1.54) is 12.1 Å². The topological polar surface area (TPSA) is 75.3 Å². The van der Waals surface area contributed by atoms with Crippen molar-refractivity contribution in [3.8, 4) is 0 Å². The van der Waals surface area contributed by atoms with Gasteiger partial charge in [-0.3, -0.25) is 9.52 Å². The van der Waals surface area contributed by atoms with Crippen molar-refractivity contribution in [2.75, 3.05) is 10.0 Å². The van der Waals surface area contributed by atoms with Crippen molar-refractivity contribution < 1.29 is 13.2 Å². The summed E-state index contributed by atoms with van der Waals surface area (Å²) in [6.45, 7) is 5.74. The number of carbonyl (C=O) groups is 1. The number of sulfonamides is 1. The maximum Gasteiger partial charge on any atom is 0.261 e. The predicted molar refractivity (Wildman–Crippen MR) is 102 cm³/mol. The number of carbonyl (C=O) groups excluding carboxylic acids is 1. The van der Waals surface area contributed by atoms with Crippen molar-refractivity contribution in [2.24, 2.45) is 5.92 Å². The molecule has 2 rings (SSSR count).